The molecule has 0 amide bonds. The Morgan fingerprint density at radius 1 is 1.11 bits per heavy atom. The number of aromatic amines is 1. The number of hydrogen-bond acceptors (Lipinski definition) is 5. The molecule has 0 radical (unpaired) electrons. The first-order valence-electron chi connectivity index (χ1n) is 15.9. The van der Waals surface area contributed by atoms with E-state index in [0.717, 1.165) is 72.7 Å². The number of carbonyl (C=O) groups excluding carboxylic acids is 2. The Morgan fingerprint density at radius 2 is 1.93 bits per heavy atom. The van der Waals surface area contributed by atoms with Crippen LogP contribution in [0, 0.1) is 11.8 Å². The van der Waals surface area contributed by atoms with E-state index in [-0.39, 0.29) is 36.3 Å². The van der Waals surface area contributed by atoms with Gasteiger partial charge in [0.1, 0.15) is 12.6 Å². The summed E-state index contributed by atoms with van der Waals surface area (Å²) in [4.78, 5) is 41.4. The van der Waals surface area contributed by atoms with Crippen LogP contribution in [0.15, 0.2) is 71.4 Å². The van der Waals surface area contributed by atoms with E-state index in [4.69, 9.17) is 22.5 Å². The summed E-state index contributed by atoms with van der Waals surface area (Å²) in [5, 5.41) is 16.8. The van der Waals surface area contributed by atoms with Gasteiger partial charge < -0.3 is 42.2 Å². The van der Waals surface area contributed by atoms with Gasteiger partial charge in [-0.2, -0.15) is 0 Å². The Morgan fingerprint density at radius 3 is 2.63 bits per heavy atom. The van der Waals surface area contributed by atoms with Crippen molar-refractivity contribution in [1.82, 2.24) is 4.98 Å². The fourth-order valence-electron chi connectivity index (χ4n) is 6.27. The molecule has 0 saturated carbocycles. The summed E-state index contributed by atoms with van der Waals surface area (Å²) in [7, 11) is 0. The van der Waals surface area contributed by atoms with Crippen LogP contribution >= 0.6 is 0 Å². The average molecular weight is 626 g/mol. The first-order valence-corrected chi connectivity index (χ1v) is 15.9. The van der Waals surface area contributed by atoms with E-state index >= 15 is 0 Å². The molecule has 0 aliphatic heterocycles. The molecule has 0 saturated heterocycles. The number of nitrogens with one attached hydrogen (secondary N) is 1. The number of guanidine groups is 1. The summed E-state index contributed by atoms with van der Waals surface area (Å²) in [5.74, 6) is -0.462. The number of hydrogen-bond donors (Lipinski definition) is 5. The number of carbonyl (C=O) groups is 3. The summed E-state index contributed by atoms with van der Waals surface area (Å²) >= 11 is 0. The molecule has 0 spiro atoms. The van der Waals surface area contributed by atoms with Crippen molar-refractivity contribution in [3.8, 4) is 0 Å². The minimum absolute atomic E-state index is 0.00210. The van der Waals surface area contributed by atoms with E-state index in [1.807, 2.05) is 25.1 Å². The topological polar surface area (TPSA) is 192 Å². The first-order chi connectivity index (χ1) is 22.2. The normalized spacial score (nSPS) is 17.9. The van der Waals surface area contributed by atoms with E-state index in [1.165, 1.54) is 5.56 Å². The first kappa shape index (κ1) is 34.2. The number of nitrogens with two attached hydrogens (primary N) is 3. The molecule has 0 bridgehead atoms. The summed E-state index contributed by atoms with van der Waals surface area (Å²) in [6.07, 6.45) is 14.2. The van der Waals surface area contributed by atoms with E-state index in [2.05, 4.69) is 46.4 Å². The molecule has 1 aromatic heterocycles. The Bertz CT molecular complexity index is 1570. The number of H-pyrrole nitrogens is 1. The lowest BCUT2D eigenvalue weighted by Crippen LogP contribution is -2.26. The maximum atomic E-state index is 11.9. The van der Waals surface area contributed by atoms with Crippen molar-refractivity contribution in [3.63, 3.8) is 0 Å². The second kappa shape index (κ2) is 16.6. The largest absolute Gasteiger partial charge is 0.478 e. The number of aliphatic carboxylic acids is 1. The number of carboxylic acid groups (broad SMARTS) is 1. The molecule has 1 heterocycles. The Kier molecular flexibility index (Phi) is 12.3. The number of nitrogens with zero attached hydrogens (tertiary/aromatic N) is 2. The van der Waals surface area contributed by atoms with Gasteiger partial charge in [-0.15, -0.1) is 0 Å². The summed E-state index contributed by atoms with van der Waals surface area (Å²) in [5.41, 5.74) is 21.5. The third-order valence-electron chi connectivity index (χ3n) is 8.73. The lowest BCUT2D eigenvalue weighted by Gasteiger charge is -2.36. The average Bonchev–Trinajstić information content (AvgIpc) is 3.54. The molecule has 10 nitrogen and oxygen atoms in total. The maximum Gasteiger partial charge on any atom is 0.328 e. The molecule has 8 N–H and O–H groups in total. The van der Waals surface area contributed by atoms with E-state index in [0.29, 0.717) is 24.2 Å². The second-order valence-corrected chi connectivity index (χ2v) is 12.3. The van der Waals surface area contributed by atoms with Crippen LogP contribution in [0.4, 0.5) is 5.82 Å². The van der Waals surface area contributed by atoms with Gasteiger partial charge in [0.05, 0.1) is 6.54 Å². The minimum atomic E-state index is -1.09. The lowest BCUT2D eigenvalue weighted by molar-refractivity contribution is -0.131. The van der Waals surface area contributed by atoms with Crippen molar-refractivity contribution in [1.29, 1.82) is 0 Å². The molecule has 3 aromatic rings. The fourth-order valence-corrected chi connectivity index (χ4v) is 6.27. The third-order valence-corrected chi connectivity index (χ3v) is 8.73. The predicted molar refractivity (Wildman–Crippen MR) is 184 cm³/mol. The van der Waals surface area contributed by atoms with Crippen molar-refractivity contribution >= 4 is 47.2 Å². The number of aldehydes is 2. The number of carboxylic acids is 1. The second-order valence-electron chi connectivity index (χ2n) is 12.3. The third kappa shape index (κ3) is 9.65. The summed E-state index contributed by atoms with van der Waals surface area (Å²) in [6.45, 7) is 1.93. The van der Waals surface area contributed by atoms with Crippen LogP contribution in [0.3, 0.4) is 0 Å². The molecule has 2 aromatic carbocycles. The number of aromatic nitrogens is 1. The molecule has 1 aliphatic carbocycles. The Hall–Kier alpha value is -4.70. The molecule has 5 atom stereocenters. The molecule has 10 heteroatoms. The smallest absolute Gasteiger partial charge is 0.328 e. The quantitative estimate of drug-likeness (QED) is 0.0533. The van der Waals surface area contributed by atoms with Crippen LogP contribution in [0.25, 0.3) is 22.2 Å². The van der Waals surface area contributed by atoms with Gasteiger partial charge in [-0.25, -0.2) is 9.79 Å². The summed E-state index contributed by atoms with van der Waals surface area (Å²) < 4.78 is 0. The molecule has 0 fully saturated rings. The number of allylic oxidation sites excluding steroid dienone is 1. The monoisotopic (exact) mass is 625 g/mol. The van der Waals surface area contributed by atoms with Crippen molar-refractivity contribution in [2.75, 3.05) is 6.54 Å². The Balaban J connectivity index is 1.68. The minimum Gasteiger partial charge on any atom is -0.478 e. The van der Waals surface area contributed by atoms with Gasteiger partial charge >= 0.3 is 5.97 Å². The van der Waals surface area contributed by atoms with Gasteiger partial charge in [0.2, 0.25) is 0 Å². The molecule has 0 unspecified atom stereocenters. The molecule has 1 aliphatic rings. The van der Waals surface area contributed by atoms with Gasteiger partial charge in [0, 0.05) is 24.5 Å². The van der Waals surface area contributed by atoms with E-state index in [9.17, 15) is 19.5 Å². The predicted octanol–water partition coefficient (Wildman–Crippen LogP) is 5.50. The SMILES string of the molecule is C[C@H](C=O)CC[C@H](N)CCC[C@@H]1c2cc3cc(CC=O)ccc3cc2C=C[C@H]1C[C@@H]([N-]c1ccc[nH]1)/C(=C/C(=O)O)CN=C(N)N. The molecular formula is C36H45N6O4-. The van der Waals surface area contributed by atoms with Gasteiger partial charge in [-0.3, -0.25) is 0 Å². The van der Waals surface area contributed by atoms with E-state index < -0.39 is 12.0 Å². The number of rotatable bonds is 18. The zero-order chi connectivity index (χ0) is 33.1. The van der Waals surface area contributed by atoms with Crippen LogP contribution < -0.4 is 17.2 Å². The number of aliphatic imine (C=N–C) groups is 1. The van der Waals surface area contributed by atoms with Gasteiger partial charge in [0.25, 0.3) is 0 Å². The Labute approximate surface area is 270 Å². The maximum absolute atomic E-state index is 11.9. The lowest BCUT2D eigenvalue weighted by atomic mass is 9.72. The van der Waals surface area contributed by atoms with Gasteiger partial charge in [-0.1, -0.05) is 73.9 Å². The van der Waals surface area contributed by atoms with Crippen LogP contribution in [0.2, 0.25) is 0 Å². The van der Waals surface area contributed by atoms with Crippen molar-refractivity contribution in [2.24, 2.45) is 34.0 Å². The standard InChI is InChI=1S/C36H45N6O4/c1-23(22-44)7-12-30(37)4-2-5-31-27(11-10-26-17-25-9-8-24(13-15-43)16-28(25)18-32(26)31)19-33(42-34-6-3-14-40-34)29(20-35(45)46)21-41-36(38)39/h3,6,8-11,14-18,20,22-23,27,30-31,33,40H,2,4-5,7,12-13,19,21,37H2,1H3,(H,45,46)(H4,38,39,41)/q-1/b29-20+/t23-,27-,30+,31-,33+/m0/s1. The van der Waals surface area contributed by atoms with E-state index in [1.54, 1.807) is 6.20 Å². The van der Waals surface area contributed by atoms with Crippen molar-refractivity contribution in [3.05, 3.63) is 88.4 Å². The molecular weight excluding hydrogens is 580 g/mol. The van der Waals surface area contributed by atoms with Gasteiger partial charge in [-0.05, 0) is 89.1 Å². The highest BCUT2D eigenvalue weighted by Gasteiger charge is 2.29. The van der Waals surface area contributed by atoms with Gasteiger partial charge in [0.15, 0.2) is 5.96 Å². The number of fused-ring (bicyclic) bond motifs is 2. The van der Waals surface area contributed by atoms with Crippen LogP contribution in [-0.4, -0.2) is 53.2 Å². The summed E-state index contributed by atoms with van der Waals surface area (Å²) in [6, 6.07) is 13.7. The van der Waals surface area contributed by atoms with Crippen LogP contribution in [0.1, 0.15) is 68.1 Å². The molecule has 4 rings (SSSR count). The molecule has 46 heavy (non-hydrogen) atoms. The zero-order valence-electron chi connectivity index (χ0n) is 26.3. The fraction of sp³-hybridized carbons (Fsp3) is 0.389. The highest BCUT2D eigenvalue weighted by molar-refractivity contribution is 5.88. The highest BCUT2D eigenvalue weighted by atomic mass is 16.4. The van der Waals surface area contributed by atoms with Crippen LogP contribution in [-0.2, 0) is 20.8 Å². The van der Waals surface area contributed by atoms with Crippen LogP contribution in [0.5, 0.6) is 0 Å². The van der Waals surface area contributed by atoms with Crippen molar-refractivity contribution in [2.45, 2.75) is 69.9 Å². The zero-order valence-corrected chi connectivity index (χ0v) is 26.3. The highest BCUT2D eigenvalue weighted by Crippen LogP contribution is 2.43. The number of benzene rings is 2. The van der Waals surface area contributed by atoms with Crippen molar-refractivity contribution < 1.29 is 19.5 Å². The molecule has 244 valence electrons.